The molecular weight excluding hydrogens is 274 g/mol. The van der Waals surface area contributed by atoms with E-state index in [9.17, 15) is 5.11 Å². The van der Waals surface area contributed by atoms with Gasteiger partial charge in [0.15, 0.2) is 11.5 Å². The van der Waals surface area contributed by atoms with Crippen molar-refractivity contribution >= 4 is 11.6 Å². The highest BCUT2D eigenvalue weighted by Crippen LogP contribution is 2.37. The van der Waals surface area contributed by atoms with Crippen LogP contribution in [0.1, 0.15) is 5.56 Å². The summed E-state index contributed by atoms with van der Waals surface area (Å²) >= 11 is 6.03. The fourth-order valence-electron chi connectivity index (χ4n) is 2.46. The lowest BCUT2D eigenvalue weighted by Gasteiger charge is -2.13. The standard InChI is InChI=1S/C16H16ClNO2/c1-18-5-6-20-16-13(10-18)7-12(9-15(16)19)11-3-2-4-14(17)8-11/h2-4,7-9,19H,5-6,10H2,1H3. The summed E-state index contributed by atoms with van der Waals surface area (Å²) < 4.78 is 5.65. The van der Waals surface area contributed by atoms with E-state index in [1.807, 2.05) is 31.3 Å². The third kappa shape index (κ3) is 2.60. The second kappa shape index (κ2) is 5.35. The second-order valence-corrected chi connectivity index (χ2v) is 5.52. The number of fused-ring (bicyclic) bond motifs is 1. The zero-order chi connectivity index (χ0) is 14.1. The van der Waals surface area contributed by atoms with E-state index < -0.39 is 0 Å². The van der Waals surface area contributed by atoms with Crippen LogP contribution in [-0.2, 0) is 6.54 Å². The molecule has 1 N–H and O–H groups in total. The van der Waals surface area contributed by atoms with Crippen molar-refractivity contribution in [1.82, 2.24) is 4.90 Å². The molecule has 0 unspecified atom stereocenters. The topological polar surface area (TPSA) is 32.7 Å². The van der Waals surface area contributed by atoms with Crippen LogP contribution in [0.4, 0.5) is 0 Å². The quantitative estimate of drug-likeness (QED) is 0.872. The van der Waals surface area contributed by atoms with Crippen LogP contribution in [0.15, 0.2) is 36.4 Å². The van der Waals surface area contributed by atoms with Crippen LogP contribution in [0, 0.1) is 0 Å². The normalized spacial score (nSPS) is 15.3. The lowest BCUT2D eigenvalue weighted by molar-refractivity contribution is 0.253. The number of nitrogens with zero attached hydrogens (tertiary/aromatic N) is 1. The monoisotopic (exact) mass is 289 g/mol. The summed E-state index contributed by atoms with van der Waals surface area (Å²) in [5, 5.41) is 10.9. The van der Waals surface area contributed by atoms with Crippen LogP contribution in [0.25, 0.3) is 11.1 Å². The Morgan fingerprint density at radius 2 is 2.05 bits per heavy atom. The first kappa shape index (κ1) is 13.3. The van der Waals surface area contributed by atoms with Crippen molar-refractivity contribution in [2.75, 3.05) is 20.2 Å². The van der Waals surface area contributed by atoms with E-state index in [1.54, 1.807) is 6.07 Å². The molecule has 4 heteroatoms. The second-order valence-electron chi connectivity index (χ2n) is 5.08. The molecular formula is C16H16ClNO2. The van der Waals surface area contributed by atoms with Gasteiger partial charge in [-0.3, -0.25) is 4.90 Å². The number of aromatic hydroxyl groups is 1. The lowest BCUT2D eigenvalue weighted by atomic mass is 10.0. The maximum absolute atomic E-state index is 10.2. The van der Waals surface area contributed by atoms with Gasteiger partial charge in [-0.1, -0.05) is 23.7 Å². The Labute approximate surface area is 123 Å². The molecule has 0 saturated carbocycles. The summed E-state index contributed by atoms with van der Waals surface area (Å²) in [5.74, 6) is 0.785. The minimum Gasteiger partial charge on any atom is -0.504 e. The number of phenolic OH excluding ortho intramolecular Hbond substituents is 1. The molecule has 20 heavy (non-hydrogen) atoms. The van der Waals surface area contributed by atoms with Crippen molar-refractivity contribution in [3.05, 3.63) is 47.0 Å². The molecule has 3 rings (SSSR count). The van der Waals surface area contributed by atoms with Crippen LogP contribution < -0.4 is 4.74 Å². The molecule has 0 atom stereocenters. The van der Waals surface area contributed by atoms with Crippen molar-refractivity contribution in [2.45, 2.75) is 6.54 Å². The third-order valence-electron chi connectivity index (χ3n) is 3.46. The highest BCUT2D eigenvalue weighted by Gasteiger charge is 2.17. The van der Waals surface area contributed by atoms with Crippen LogP contribution >= 0.6 is 11.6 Å². The molecule has 0 fully saturated rings. The fraction of sp³-hybridized carbons (Fsp3) is 0.250. The van der Waals surface area contributed by atoms with E-state index in [4.69, 9.17) is 16.3 Å². The summed E-state index contributed by atoms with van der Waals surface area (Å²) in [6.07, 6.45) is 0. The number of hydrogen-bond acceptors (Lipinski definition) is 3. The van der Waals surface area contributed by atoms with Crippen molar-refractivity contribution in [1.29, 1.82) is 0 Å². The first-order valence-electron chi connectivity index (χ1n) is 6.56. The molecule has 0 aromatic heterocycles. The van der Waals surface area contributed by atoms with Crippen LogP contribution in [-0.4, -0.2) is 30.2 Å². The van der Waals surface area contributed by atoms with Crippen molar-refractivity contribution in [3.8, 4) is 22.6 Å². The van der Waals surface area contributed by atoms with Gasteiger partial charge in [-0.25, -0.2) is 0 Å². The van der Waals surface area contributed by atoms with Gasteiger partial charge in [0.25, 0.3) is 0 Å². The minimum atomic E-state index is 0.188. The molecule has 2 aromatic rings. The van der Waals surface area contributed by atoms with Crippen LogP contribution in [0.5, 0.6) is 11.5 Å². The van der Waals surface area contributed by atoms with E-state index in [-0.39, 0.29) is 5.75 Å². The minimum absolute atomic E-state index is 0.188. The number of halogens is 1. The maximum atomic E-state index is 10.2. The predicted octanol–water partition coefficient (Wildman–Crippen LogP) is 3.54. The van der Waals surface area contributed by atoms with Gasteiger partial charge in [0.2, 0.25) is 0 Å². The van der Waals surface area contributed by atoms with Gasteiger partial charge in [-0.15, -0.1) is 0 Å². The lowest BCUT2D eigenvalue weighted by Crippen LogP contribution is -2.20. The van der Waals surface area contributed by atoms with Gasteiger partial charge >= 0.3 is 0 Å². The molecule has 1 heterocycles. The molecule has 0 amide bonds. The maximum Gasteiger partial charge on any atom is 0.165 e. The van der Waals surface area contributed by atoms with E-state index in [1.165, 1.54) is 0 Å². The summed E-state index contributed by atoms with van der Waals surface area (Å²) in [6, 6.07) is 11.4. The van der Waals surface area contributed by atoms with E-state index >= 15 is 0 Å². The van der Waals surface area contributed by atoms with Crippen molar-refractivity contribution in [3.63, 3.8) is 0 Å². The number of rotatable bonds is 1. The highest BCUT2D eigenvalue weighted by atomic mass is 35.5. The average molecular weight is 290 g/mol. The summed E-state index contributed by atoms with van der Waals surface area (Å²) in [7, 11) is 2.04. The molecule has 0 saturated heterocycles. The first-order chi connectivity index (χ1) is 9.63. The molecule has 0 radical (unpaired) electrons. The molecule has 104 valence electrons. The Morgan fingerprint density at radius 1 is 1.20 bits per heavy atom. The molecule has 0 aliphatic carbocycles. The number of benzene rings is 2. The number of ether oxygens (including phenoxy) is 1. The molecule has 1 aliphatic rings. The van der Waals surface area contributed by atoms with Crippen molar-refractivity contribution < 1.29 is 9.84 Å². The largest absolute Gasteiger partial charge is 0.504 e. The van der Waals surface area contributed by atoms with Gasteiger partial charge in [-0.2, -0.15) is 0 Å². The average Bonchev–Trinajstić information content (AvgIpc) is 2.60. The fourth-order valence-corrected chi connectivity index (χ4v) is 2.65. The molecule has 2 aromatic carbocycles. The van der Waals surface area contributed by atoms with E-state index in [2.05, 4.69) is 11.0 Å². The Bertz CT molecular complexity index is 642. The zero-order valence-electron chi connectivity index (χ0n) is 11.3. The Hall–Kier alpha value is -1.71. The molecule has 3 nitrogen and oxygen atoms in total. The number of hydrogen-bond donors (Lipinski definition) is 1. The Kier molecular flexibility index (Phi) is 3.55. The van der Waals surface area contributed by atoms with Crippen LogP contribution in [0.2, 0.25) is 5.02 Å². The summed E-state index contributed by atoms with van der Waals surface area (Å²) in [5.41, 5.74) is 2.94. The SMILES string of the molecule is CN1CCOc2c(O)cc(-c3cccc(Cl)c3)cc2C1. The smallest absolute Gasteiger partial charge is 0.165 e. The number of phenols is 1. The Balaban J connectivity index is 2.08. The summed E-state index contributed by atoms with van der Waals surface area (Å²) in [6.45, 7) is 2.20. The molecule has 0 spiro atoms. The summed E-state index contributed by atoms with van der Waals surface area (Å²) in [4.78, 5) is 2.17. The predicted molar refractivity (Wildman–Crippen MR) is 80.4 cm³/mol. The highest BCUT2D eigenvalue weighted by molar-refractivity contribution is 6.30. The first-order valence-corrected chi connectivity index (χ1v) is 6.94. The Morgan fingerprint density at radius 3 is 2.85 bits per heavy atom. The molecule has 1 aliphatic heterocycles. The van der Waals surface area contributed by atoms with E-state index in [0.29, 0.717) is 17.4 Å². The van der Waals surface area contributed by atoms with Gasteiger partial charge in [0.05, 0.1) is 0 Å². The van der Waals surface area contributed by atoms with Gasteiger partial charge in [0, 0.05) is 23.7 Å². The van der Waals surface area contributed by atoms with Crippen LogP contribution in [0.3, 0.4) is 0 Å². The van der Waals surface area contributed by atoms with Crippen molar-refractivity contribution in [2.24, 2.45) is 0 Å². The van der Waals surface area contributed by atoms with Gasteiger partial charge in [0.1, 0.15) is 6.61 Å². The van der Waals surface area contributed by atoms with E-state index in [0.717, 1.165) is 29.8 Å². The zero-order valence-corrected chi connectivity index (χ0v) is 12.0. The van der Waals surface area contributed by atoms with Gasteiger partial charge in [-0.05, 0) is 42.4 Å². The third-order valence-corrected chi connectivity index (χ3v) is 3.70. The molecule has 0 bridgehead atoms. The number of likely N-dealkylation sites (N-methyl/N-ethyl adjacent to an activating group) is 1. The van der Waals surface area contributed by atoms with Gasteiger partial charge < -0.3 is 9.84 Å².